The topological polar surface area (TPSA) is 176 Å². The Morgan fingerprint density at radius 2 is 1.75 bits per heavy atom. The van der Waals surface area contributed by atoms with Crippen molar-refractivity contribution in [2.75, 3.05) is 16.8 Å². The number of nitrogens with one attached hydrogen (secondary N) is 2. The summed E-state index contributed by atoms with van der Waals surface area (Å²) in [7, 11) is 0. The van der Waals surface area contributed by atoms with Crippen LogP contribution in [0.3, 0.4) is 0 Å². The molecule has 1 atom stereocenters. The first-order chi connectivity index (χ1) is 15.3. The van der Waals surface area contributed by atoms with Crippen LogP contribution in [0, 0.1) is 0 Å². The minimum Gasteiger partial charge on any atom is -0.481 e. The predicted molar refractivity (Wildman–Crippen MR) is 122 cm³/mol. The monoisotopic (exact) mass is 438 g/mol. The van der Waals surface area contributed by atoms with Crippen molar-refractivity contribution < 1.29 is 19.8 Å². The van der Waals surface area contributed by atoms with Crippen molar-refractivity contribution in [3.8, 4) is 0 Å². The lowest BCUT2D eigenvalue weighted by atomic mass is 9.99. The molecule has 0 unspecified atom stereocenters. The quantitative estimate of drug-likeness (QED) is 0.274. The van der Waals surface area contributed by atoms with Gasteiger partial charge in [0, 0.05) is 24.2 Å². The molecule has 0 aliphatic carbocycles. The molecule has 1 aromatic heterocycles. The van der Waals surface area contributed by atoms with Gasteiger partial charge in [-0.15, -0.1) is 0 Å². The Labute approximate surface area is 184 Å². The van der Waals surface area contributed by atoms with E-state index in [-0.39, 0.29) is 12.5 Å². The number of hydrogen-bond acceptors (Lipinski definition) is 8. The zero-order valence-corrected chi connectivity index (χ0v) is 17.6. The van der Waals surface area contributed by atoms with Crippen LogP contribution in [0.1, 0.15) is 30.0 Å². The van der Waals surface area contributed by atoms with E-state index in [1.807, 2.05) is 43.3 Å². The second kappa shape index (κ2) is 9.92. The molecule has 0 bridgehead atoms. The van der Waals surface area contributed by atoms with E-state index in [2.05, 4.69) is 20.6 Å². The van der Waals surface area contributed by atoms with Gasteiger partial charge in [0.15, 0.2) is 0 Å². The maximum Gasteiger partial charge on any atom is 0.321 e. The highest BCUT2D eigenvalue weighted by molar-refractivity contribution is 5.93. The number of carbonyl (C=O) groups is 2. The summed E-state index contributed by atoms with van der Waals surface area (Å²) in [6.45, 7) is 2.86. The molecule has 10 heteroatoms. The van der Waals surface area contributed by atoms with E-state index < -0.39 is 24.4 Å². The van der Waals surface area contributed by atoms with Crippen LogP contribution in [0.25, 0.3) is 10.9 Å². The van der Waals surface area contributed by atoms with Gasteiger partial charge >= 0.3 is 11.9 Å². The lowest BCUT2D eigenvalue weighted by Gasteiger charge is -2.15. The second-order valence-corrected chi connectivity index (χ2v) is 7.34. The SMILES string of the molecule is CCc1c(CNc2ccc(CN[C@@H](CC(=O)O)C(=O)O)cc2)ccc2nc(N)nc(N)c12. The Hall–Kier alpha value is -3.92. The van der Waals surface area contributed by atoms with Gasteiger partial charge in [-0.25, -0.2) is 4.98 Å². The average Bonchev–Trinajstić information content (AvgIpc) is 2.75. The highest BCUT2D eigenvalue weighted by atomic mass is 16.4. The number of benzene rings is 2. The van der Waals surface area contributed by atoms with E-state index in [1.54, 1.807) is 0 Å². The van der Waals surface area contributed by atoms with Crippen LogP contribution in [-0.4, -0.2) is 38.2 Å². The van der Waals surface area contributed by atoms with Crippen molar-refractivity contribution in [1.82, 2.24) is 15.3 Å². The first-order valence-corrected chi connectivity index (χ1v) is 10.1. The number of nitrogens with two attached hydrogens (primary N) is 2. The van der Waals surface area contributed by atoms with Gasteiger partial charge in [0.25, 0.3) is 0 Å². The third kappa shape index (κ3) is 5.41. The number of nitrogens with zero attached hydrogens (tertiary/aromatic N) is 2. The second-order valence-electron chi connectivity index (χ2n) is 7.34. The Morgan fingerprint density at radius 3 is 2.38 bits per heavy atom. The minimum absolute atomic E-state index is 0.148. The van der Waals surface area contributed by atoms with Crippen molar-refractivity contribution in [3.63, 3.8) is 0 Å². The average molecular weight is 438 g/mol. The van der Waals surface area contributed by atoms with E-state index in [9.17, 15) is 9.59 Å². The van der Waals surface area contributed by atoms with Gasteiger partial charge in [0.2, 0.25) is 5.95 Å². The van der Waals surface area contributed by atoms with Gasteiger partial charge in [-0.2, -0.15) is 4.98 Å². The van der Waals surface area contributed by atoms with Gasteiger partial charge in [0.05, 0.1) is 11.9 Å². The molecule has 0 aliphatic rings. The minimum atomic E-state index is -1.19. The molecule has 0 saturated carbocycles. The third-order valence-corrected chi connectivity index (χ3v) is 5.13. The molecule has 1 heterocycles. The van der Waals surface area contributed by atoms with Crippen molar-refractivity contribution in [2.24, 2.45) is 0 Å². The fourth-order valence-corrected chi connectivity index (χ4v) is 3.55. The maximum absolute atomic E-state index is 11.1. The van der Waals surface area contributed by atoms with E-state index in [0.717, 1.165) is 39.7 Å². The standard InChI is InChI=1S/C22H26N6O4/c1-2-15-13(5-8-16-19(15)20(23)28-22(24)27-16)11-25-14-6-3-12(4-7-14)10-26-17(21(31)32)9-18(29)30/h3-8,17,25-26H,2,9-11H2,1H3,(H,29,30)(H,31,32)(H4,23,24,27,28)/t17-/m0/s1. The molecule has 168 valence electrons. The highest BCUT2D eigenvalue weighted by Gasteiger charge is 2.20. The molecule has 2 aromatic carbocycles. The van der Waals surface area contributed by atoms with Crippen LogP contribution in [0.4, 0.5) is 17.5 Å². The molecule has 3 aromatic rings. The van der Waals surface area contributed by atoms with Crippen LogP contribution in [-0.2, 0) is 29.1 Å². The molecular weight excluding hydrogens is 412 g/mol. The van der Waals surface area contributed by atoms with Gasteiger partial charge in [-0.1, -0.05) is 25.1 Å². The first-order valence-electron chi connectivity index (χ1n) is 10.1. The molecule has 3 rings (SSSR count). The number of aryl methyl sites for hydroxylation is 1. The summed E-state index contributed by atoms with van der Waals surface area (Å²) in [5, 5.41) is 24.9. The zero-order valence-electron chi connectivity index (χ0n) is 17.6. The number of fused-ring (bicyclic) bond motifs is 1. The first kappa shape index (κ1) is 22.8. The number of anilines is 3. The number of nitrogen functional groups attached to an aromatic ring is 2. The molecule has 0 amide bonds. The van der Waals surface area contributed by atoms with Crippen LogP contribution in [0.2, 0.25) is 0 Å². The summed E-state index contributed by atoms with van der Waals surface area (Å²) < 4.78 is 0. The Bertz CT molecular complexity index is 1130. The molecular formula is C22H26N6O4. The summed E-state index contributed by atoms with van der Waals surface area (Å²) in [6, 6.07) is 10.2. The largest absolute Gasteiger partial charge is 0.481 e. The van der Waals surface area contributed by atoms with E-state index in [0.29, 0.717) is 12.4 Å². The molecule has 10 nitrogen and oxygen atoms in total. The summed E-state index contributed by atoms with van der Waals surface area (Å²) in [5.74, 6) is -1.84. The van der Waals surface area contributed by atoms with Crippen molar-refractivity contribution in [1.29, 1.82) is 0 Å². The van der Waals surface area contributed by atoms with Crippen molar-refractivity contribution in [2.45, 2.75) is 38.9 Å². The zero-order chi connectivity index (χ0) is 23.3. The van der Waals surface area contributed by atoms with Gasteiger partial charge in [-0.3, -0.25) is 14.9 Å². The fourth-order valence-electron chi connectivity index (χ4n) is 3.55. The molecule has 0 radical (unpaired) electrons. The lowest BCUT2D eigenvalue weighted by molar-refractivity contribution is -0.146. The molecule has 0 saturated heterocycles. The van der Waals surface area contributed by atoms with Gasteiger partial charge in [0.1, 0.15) is 11.9 Å². The van der Waals surface area contributed by atoms with Crippen molar-refractivity contribution in [3.05, 3.63) is 53.1 Å². The molecule has 0 aliphatic heterocycles. The summed E-state index contributed by atoms with van der Waals surface area (Å²) in [6.07, 6.45) is 0.278. The predicted octanol–water partition coefficient (Wildman–Crippen LogP) is 1.99. The number of aliphatic carboxylic acids is 2. The number of aromatic nitrogens is 2. The number of rotatable bonds is 10. The summed E-state index contributed by atoms with van der Waals surface area (Å²) in [4.78, 5) is 30.3. The van der Waals surface area contributed by atoms with Crippen LogP contribution >= 0.6 is 0 Å². The highest BCUT2D eigenvalue weighted by Crippen LogP contribution is 2.27. The number of carboxylic acids is 2. The summed E-state index contributed by atoms with van der Waals surface area (Å²) in [5.41, 5.74) is 16.4. The molecule has 0 fully saturated rings. The van der Waals surface area contributed by atoms with E-state index >= 15 is 0 Å². The lowest BCUT2D eigenvalue weighted by Crippen LogP contribution is -2.38. The number of hydrogen-bond donors (Lipinski definition) is 6. The van der Waals surface area contributed by atoms with Crippen LogP contribution < -0.4 is 22.1 Å². The Balaban J connectivity index is 1.67. The van der Waals surface area contributed by atoms with Gasteiger partial charge in [-0.05, 0) is 41.3 Å². The molecule has 8 N–H and O–H groups in total. The van der Waals surface area contributed by atoms with Crippen molar-refractivity contribution >= 4 is 40.3 Å². The summed E-state index contributed by atoms with van der Waals surface area (Å²) >= 11 is 0. The Kier molecular flexibility index (Phi) is 7.06. The van der Waals surface area contributed by atoms with E-state index in [1.165, 1.54) is 0 Å². The Morgan fingerprint density at radius 1 is 1.03 bits per heavy atom. The smallest absolute Gasteiger partial charge is 0.321 e. The fraction of sp³-hybridized carbons (Fsp3) is 0.273. The van der Waals surface area contributed by atoms with Crippen LogP contribution in [0.5, 0.6) is 0 Å². The molecule has 0 spiro atoms. The molecule has 32 heavy (non-hydrogen) atoms. The normalized spacial score (nSPS) is 11.9. The van der Waals surface area contributed by atoms with E-state index in [4.69, 9.17) is 21.7 Å². The van der Waals surface area contributed by atoms with Gasteiger partial charge < -0.3 is 27.0 Å². The third-order valence-electron chi connectivity index (χ3n) is 5.13. The maximum atomic E-state index is 11.1. The van der Waals surface area contributed by atoms with Crippen LogP contribution in [0.15, 0.2) is 36.4 Å². The number of carboxylic acid groups (broad SMARTS) is 2.